The number of fused-ring (bicyclic) bond motifs is 1. The van der Waals surface area contributed by atoms with Crippen molar-refractivity contribution in [3.05, 3.63) is 36.0 Å². The lowest BCUT2D eigenvalue weighted by atomic mass is 10.1. The standard InChI is InChI=1S/C16H14N4O4/c21-13-7-12(14(22)19-13)20-15(23)11(18-16(20)24)6-9-5-8-3-1-2-4-10(8)17-9/h1-5,11-12,17H,6-7H2,(H,18,24)(H,19,21,22)/t11-,12-/m0/s1. The van der Waals surface area contributed by atoms with E-state index in [-0.39, 0.29) is 12.8 Å². The molecule has 2 atom stereocenters. The number of amides is 5. The molecular formula is C16H14N4O4. The van der Waals surface area contributed by atoms with Crippen LogP contribution in [0.2, 0.25) is 0 Å². The number of carbonyl (C=O) groups is 4. The van der Waals surface area contributed by atoms with Crippen molar-refractivity contribution in [2.24, 2.45) is 0 Å². The van der Waals surface area contributed by atoms with Crippen LogP contribution in [0, 0.1) is 0 Å². The van der Waals surface area contributed by atoms with Crippen LogP contribution in [0.5, 0.6) is 0 Å². The lowest BCUT2D eigenvalue weighted by Crippen LogP contribution is -2.45. The minimum absolute atomic E-state index is 0.183. The van der Waals surface area contributed by atoms with E-state index in [0.717, 1.165) is 21.5 Å². The number of para-hydroxylation sites is 1. The Hall–Kier alpha value is -3.16. The Morgan fingerprint density at radius 1 is 1.12 bits per heavy atom. The number of hydrogen-bond donors (Lipinski definition) is 3. The second-order valence-electron chi connectivity index (χ2n) is 5.93. The van der Waals surface area contributed by atoms with E-state index in [1.165, 1.54) is 0 Å². The smallest absolute Gasteiger partial charge is 0.325 e. The predicted octanol–water partition coefficient (Wildman–Crippen LogP) is 0.0459. The number of aromatic amines is 1. The van der Waals surface area contributed by atoms with Crippen molar-refractivity contribution in [1.82, 2.24) is 20.5 Å². The molecule has 1 aromatic carbocycles. The highest BCUT2D eigenvalue weighted by Crippen LogP contribution is 2.21. The van der Waals surface area contributed by atoms with Gasteiger partial charge in [0.2, 0.25) is 11.8 Å². The molecule has 4 rings (SSSR count). The second kappa shape index (κ2) is 5.19. The van der Waals surface area contributed by atoms with Crippen molar-refractivity contribution < 1.29 is 19.2 Å². The highest BCUT2D eigenvalue weighted by Gasteiger charge is 2.47. The highest BCUT2D eigenvalue weighted by atomic mass is 16.2. The van der Waals surface area contributed by atoms with Gasteiger partial charge in [-0.3, -0.25) is 19.7 Å². The fourth-order valence-electron chi connectivity index (χ4n) is 3.19. The molecule has 0 spiro atoms. The number of hydrogen-bond acceptors (Lipinski definition) is 4. The molecule has 3 heterocycles. The molecule has 5 amide bonds. The molecule has 0 aliphatic carbocycles. The highest BCUT2D eigenvalue weighted by molar-refractivity contribution is 6.13. The summed E-state index contributed by atoms with van der Waals surface area (Å²) in [6.07, 6.45) is 0.106. The first kappa shape index (κ1) is 14.4. The molecule has 3 N–H and O–H groups in total. The van der Waals surface area contributed by atoms with E-state index in [1.807, 2.05) is 30.3 Å². The Labute approximate surface area is 136 Å². The van der Waals surface area contributed by atoms with E-state index < -0.39 is 35.8 Å². The fourth-order valence-corrected chi connectivity index (χ4v) is 3.19. The molecule has 24 heavy (non-hydrogen) atoms. The van der Waals surface area contributed by atoms with E-state index in [9.17, 15) is 19.2 Å². The first-order valence-electron chi connectivity index (χ1n) is 7.57. The van der Waals surface area contributed by atoms with Gasteiger partial charge in [-0.15, -0.1) is 0 Å². The molecule has 2 fully saturated rings. The normalized spacial score (nSPS) is 23.9. The van der Waals surface area contributed by atoms with Gasteiger partial charge in [-0.2, -0.15) is 0 Å². The van der Waals surface area contributed by atoms with Crippen molar-refractivity contribution in [2.75, 3.05) is 0 Å². The van der Waals surface area contributed by atoms with Crippen LogP contribution >= 0.6 is 0 Å². The lowest BCUT2D eigenvalue weighted by Gasteiger charge is -2.17. The summed E-state index contributed by atoms with van der Waals surface area (Å²) in [6, 6.07) is 7.16. The lowest BCUT2D eigenvalue weighted by molar-refractivity contribution is -0.134. The summed E-state index contributed by atoms with van der Waals surface area (Å²) < 4.78 is 0. The van der Waals surface area contributed by atoms with E-state index in [0.29, 0.717) is 0 Å². The van der Waals surface area contributed by atoms with Crippen LogP contribution in [0.4, 0.5) is 4.79 Å². The number of imide groups is 2. The molecule has 1 aromatic heterocycles. The maximum absolute atomic E-state index is 12.5. The van der Waals surface area contributed by atoms with Crippen LogP contribution in [-0.2, 0) is 20.8 Å². The first-order valence-corrected chi connectivity index (χ1v) is 7.57. The first-order chi connectivity index (χ1) is 11.5. The average Bonchev–Trinajstić information content (AvgIpc) is 3.16. The molecule has 8 nitrogen and oxygen atoms in total. The van der Waals surface area contributed by atoms with Crippen molar-refractivity contribution >= 4 is 34.7 Å². The number of aromatic nitrogens is 1. The SMILES string of the molecule is O=C1C[C@H](N2C(=O)N[C@@H](Cc3cc4ccccc4[nH]3)C2=O)C(=O)N1. The molecule has 2 saturated heterocycles. The Bertz CT molecular complexity index is 854. The van der Waals surface area contributed by atoms with Crippen molar-refractivity contribution in [3.8, 4) is 0 Å². The zero-order valence-electron chi connectivity index (χ0n) is 12.5. The Balaban J connectivity index is 1.55. The quantitative estimate of drug-likeness (QED) is 0.546. The molecule has 0 radical (unpaired) electrons. The van der Waals surface area contributed by atoms with Crippen LogP contribution in [0.3, 0.4) is 0 Å². The number of carbonyl (C=O) groups excluding carboxylic acids is 4. The number of urea groups is 1. The van der Waals surface area contributed by atoms with Gasteiger partial charge in [-0.25, -0.2) is 9.69 Å². The second-order valence-corrected chi connectivity index (χ2v) is 5.93. The van der Waals surface area contributed by atoms with Crippen LogP contribution in [-0.4, -0.2) is 45.7 Å². The minimum atomic E-state index is -1.06. The number of nitrogens with zero attached hydrogens (tertiary/aromatic N) is 1. The van der Waals surface area contributed by atoms with Crippen molar-refractivity contribution in [2.45, 2.75) is 24.9 Å². The third-order valence-corrected chi connectivity index (χ3v) is 4.32. The molecule has 8 heteroatoms. The van der Waals surface area contributed by atoms with E-state index in [2.05, 4.69) is 15.6 Å². The van der Waals surface area contributed by atoms with Gasteiger partial charge in [-0.1, -0.05) is 18.2 Å². The molecule has 0 bridgehead atoms. The third-order valence-electron chi connectivity index (χ3n) is 4.32. The molecule has 2 aromatic rings. The van der Waals surface area contributed by atoms with Crippen molar-refractivity contribution in [1.29, 1.82) is 0 Å². The van der Waals surface area contributed by atoms with Crippen LogP contribution in [0.25, 0.3) is 10.9 Å². The number of rotatable bonds is 3. The largest absolute Gasteiger partial charge is 0.358 e. The maximum atomic E-state index is 12.5. The molecule has 0 unspecified atom stereocenters. The zero-order chi connectivity index (χ0) is 16.8. The van der Waals surface area contributed by atoms with Crippen molar-refractivity contribution in [3.63, 3.8) is 0 Å². The Morgan fingerprint density at radius 3 is 2.62 bits per heavy atom. The van der Waals surface area contributed by atoms with Crippen LogP contribution in [0.15, 0.2) is 30.3 Å². The van der Waals surface area contributed by atoms with Gasteiger partial charge in [-0.05, 0) is 17.5 Å². The maximum Gasteiger partial charge on any atom is 0.325 e. The van der Waals surface area contributed by atoms with Crippen LogP contribution < -0.4 is 10.6 Å². The number of H-pyrrole nitrogens is 1. The van der Waals surface area contributed by atoms with Gasteiger partial charge >= 0.3 is 6.03 Å². The Kier molecular flexibility index (Phi) is 3.12. The van der Waals surface area contributed by atoms with Gasteiger partial charge in [0.05, 0.1) is 6.42 Å². The van der Waals surface area contributed by atoms with Gasteiger partial charge in [0.15, 0.2) is 0 Å². The van der Waals surface area contributed by atoms with Crippen LogP contribution in [0.1, 0.15) is 12.1 Å². The average molecular weight is 326 g/mol. The summed E-state index contributed by atoms with van der Waals surface area (Å²) in [5.74, 6) is -1.59. The van der Waals surface area contributed by atoms with Gasteiger partial charge < -0.3 is 10.3 Å². The van der Waals surface area contributed by atoms with E-state index in [4.69, 9.17) is 0 Å². The molecular weight excluding hydrogens is 312 g/mol. The third kappa shape index (κ3) is 2.23. The predicted molar refractivity (Wildman–Crippen MR) is 82.7 cm³/mol. The summed E-state index contributed by atoms with van der Waals surface area (Å²) in [4.78, 5) is 51.7. The molecule has 2 aliphatic rings. The van der Waals surface area contributed by atoms with E-state index in [1.54, 1.807) is 0 Å². The summed E-state index contributed by atoms with van der Waals surface area (Å²) in [7, 11) is 0. The minimum Gasteiger partial charge on any atom is -0.358 e. The number of nitrogens with one attached hydrogen (secondary N) is 3. The summed E-state index contributed by atoms with van der Waals surface area (Å²) in [5.41, 5.74) is 1.76. The fraction of sp³-hybridized carbons (Fsp3) is 0.250. The van der Waals surface area contributed by atoms with E-state index >= 15 is 0 Å². The van der Waals surface area contributed by atoms with Gasteiger partial charge in [0.1, 0.15) is 12.1 Å². The molecule has 0 saturated carbocycles. The monoisotopic (exact) mass is 326 g/mol. The number of benzene rings is 1. The summed E-state index contributed by atoms with van der Waals surface area (Å²) >= 11 is 0. The summed E-state index contributed by atoms with van der Waals surface area (Å²) in [5, 5.41) is 5.71. The zero-order valence-corrected chi connectivity index (χ0v) is 12.5. The molecule has 2 aliphatic heterocycles. The Morgan fingerprint density at radius 2 is 1.92 bits per heavy atom. The van der Waals surface area contributed by atoms with Gasteiger partial charge in [0, 0.05) is 17.6 Å². The topological polar surface area (TPSA) is 111 Å². The summed E-state index contributed by atoms with van der Waals surface area (Å²) in [6.45, 7) is 0. The van der Waals surface area contributed by atoms with Gasteiger partial charge in [0.25, 0.3) is 5.91 Å². The molecule has 122 valence electrons.